The van der Waals surface area contributed by atoms with Crippen molar-refractivity contribution >= 4 is 10.8 Å². The molecule has 0 aromatic heterocycles. The fourth-order valence-electron chi connectivity index (χ4n) is 1.09. The van der Waals surface area contributed by atoms with E-state index in [1.165, 1.54) is 0 Å². The summed E-state index contributed by atoms with van der Waals surface area (Å²) < 4.78 is 11.3. The molecule has 1 unspecified atom stereocenters. The molecular formula is C9H12NO3S-. The van der Waals surface area contributed by atoms with Gasteiger partial charge < -0.3 is 15.6 Å². The summed E-state index contributed by atoms with van der Waals surface area (Å²) in [6.45, 7) is 1.74. The van der Waals surface area contributed by atoms with Crippen LogP contribution in [-0.2, 0) is 17.3 Å². The highest BCUT2D eigenvalue weighted by Crippen LogP contribution is 2.08. The number of rotatable bonds is 4. The lowest BCUT2D eigenvalue weighted by molar-refractivity contribution is -0.807. The number of quaternary nitrogens is 1. The van der Waals surface area contributed by atoms with Crippen LogP contribution in [0.2, 0.25) is 0 Å². The van der Waals surface area contributed by atoms with E-state index in [1.807, 2.05) is 6.92 Å². The van der Waals surface area contributed by atoms with Gasteiger partial charge in [-0.25, -0.2) is 0 Å². The molecule has 1 N–H and O–H groups in total. The minimum atomic E-state index is -1.10. The predicted octanol–water partition coefficient (Wildman–Crippen LogP) is 0.195. The molecule has 78 valence electrons. The highest BCUT2D eigenvalue weighted by Gasteiger charge is 2.00. The third kappa shape index (κ3) is 3.19. The summed E-state index contributed by atoms with van der Waals surface area (Å²) in [5.74, 6) is 0.569. The molecule has 1 rings (SSSR count). The Hall–Kier alpha value is -0.750. The molecule has 0 bridgehead atoms. The molecule has 14 heavy (non-hydrogen) atoms. The lowest BCUT2D eigenvalue weighted by Gasteiger charge is -2.25. The first-order valence-corrected chi connectivity index (χ1v) is 5.62. The van der Waals surface area contributed by atoms with Gasteiger partial charge >= 0.3 is 0 Å². The predicted molar refractivity (Wildman–Crippen MR) is 54.8 cm³/mol. The zero-order valence-electron chi connectivity index (χ0n) is 7.86. The van der Waals surface area contributed by atoms with Crippen LogP contribution in [0.1, 0.15) is 12.5 Å². The molecule has 1 aromatic rings. The Morgan fingerprint density at radius 3 is 2.29 bits per heavy atom. The van der Waals surface area contributed by atoms with Crippen LogP contribution in [0.4, 0.5) is 0 Å². The second-order valence-corrected chi connectivity index (χ2v) is 4.57. The van der Waals surface area contributed by atoms with E-state index in [4.69, 9.17) is 0 Å². The van der Waals surface area contributed by atoms with Crippen LogP contribution in [0.15, 0.2) is 29.2 Å². The van der Waals surface area contributed by atoms with Gasteiger partial charge in [0, 0.05) is 16.2 Å². The summed E-state index contributed by atoms with van der Waals surface area (Å²) in [6, 6.07) is 6.72. The van der Waals surface area contributed by atoms with Gasteiger partial charge in [-0.2, -0.15) is 0 Å². The van der Waals surface area contributed by atoms with Crippen LogP contribution in [0.3, 0.4) is 0 Å². The van der Waals surface area contributed by atoms with E-state index >= 15 is 0 Å². The Balaban J connectivity index is 2.73. The van der Waals surface area contributed by atoms with Crippen molar-refractivity contribution in [1.29, 1.82) is 0 Å². The van der Waals surface area contributed by atoms with E-state index in [0.717, 1.165) is 4.90 Å². The number of benzene rings is 1. The summed E-state index contributed by atoms with van der Waals surface area (Å²) >= 11 is 0. The van der Waals surface area contributed by atoms with Crippen molar-refractivity contribution in [2.45, 2.75) is 18.4 Å². The molecule has 4 nitrogen and oxygen atoms in total. The smallest absolute Gasteiger partial charge is 0.102 e. The summed E-state index contributed by atoms with van der Waals surface area (Å²) in [5, 5.41) is 19.4. The van der Waals surface area contributed by atoms with E-state index in [9.17, 15) is 14.6 Å². The van der Waals surface area contributed by atoms with Gasteiger partial charge in [0.05, 0.1) is 10.8 Å². The zero-order valence-corrected chi connectivity index (χ0v) is 8.67. The molecule has 0 spiro atoms. The lowest BCUT2D eigenvalue weighted by Crippen LogP contribution is -3.00. The highest BCUT2D eigenvalue weighted by molar-refractivity contribution is 7.85. The molecule has 1 aromatic carbocycles. The Labute approximate surface area is 85.2 Å². The van der Waals surface area contributed by atoms with Crippen molar-refractivity contribution in [3.05, 3.63) is 40.2 Å². The minimum absolute atomic E-state index is 0.0982. The van der Waals surface area contributed by atoms with Crippen LogP contribution in [-0.4, -0.2) is 9.96 Å². The Morgan fingerprint density at radius 1 is 1.29 bits per heavy atom. The molecule has 0 aliphatic carbocycles. The summed E-state index contributed by atoms with van der Waals surface area (Å²) in [6.07, 6.45) is 0. The Kier molecular flexibility index (Phi) is 4.21. The van der Waals surface area contributed by atoms with Gasteiger partial charge in [0.15, 0.2) is 0 Å². The lowest BCUT2D eigenvalue weighted by atomic mass is 10.2. The van der Waals surface area contributed by atoms with Gasteiger partial charge in [0.2, 0.25) is 0 Å². The first-order chi connectivity index (χ1) is 6.63. The van der Waals surface area contributed by atoms with E-state index in [-0.39, 0.29) is 6.54 Å². The molecule has 1 atom stereocenters. The monoisotopic (exact) mass is 214 g/mol. The molecule has 0 heterocycles. The van der Waals surface area contributed by atoms with Crippen LogP contribution < -0.4 is 5.23 Å². The van der Waals surface area contributed by atoms with Gasteiger partial charge in [0.1, 0.15) is 6.54 Å². The van der Waals surface area contributed by atoms with E-state index < -0.39 is 16.0 Å². The van der Waals surface area contributed by atoms with Crippen molar-refractivity contribution in [3.63, 3.8) is 0 Å². The fourth-order valence-corrected chi connectivity index (χ4v) is 1.87. The van der Waals surface area contributed by atoms with Gasteiger partial charge in [0.25, 0.3) is 0 Å². The standard InChI is InChI=1S/C9H12NO3S/c1-2-14(13)9-5-3-8(4-6-9)7-10(11)12/h3-6,10H,2,7H2,1H3/q-1. The van der Waals surface area contributed by atoms with Crippen LogP contribution >= 0.6 is 0 Å². The maximum atomic E-state index is 11.3. The number of nitrogens with one attached hydrogen (secondary N) is 1. The Morgan fingerprint density at radius 2 is 1.86 bits per heavy atom. The highest BCUT2D eigenvalue weighted by atomic mass is 32.2. The van der Waals surface area contributed by atoms with Crippen LogP contribution in [0.25, 0.3) is 0 Å². The van der Waals surface area contributed by atoms with Crippen molar-refractivity contribution < 1.29 is 9.44 Å². The molecular weight excluding hydrogens is 202 g/mol. The first kappa shape index (κ1) is 11.3. The topological polar surface area (TPSA) is 67.6 Å². The quantitative estimate of drug-likeness (QED) is 0.728. The molecule has 0 radical (unpaired) electrons. The van der Waals surface area contributed by atoms with E-state index in [1.54, 1.807) is 24.3 Å². The van der Waals surface area contributed by atoms with E-state index in [2.05, 4.69) is 0 Å². The maximum Gasteiger partial charge on any atom is 0.102 e. The second kappa shape index (κ2) is 5.21. The average molecular weight is 214 g/mol. The van der Waals surface area contributed by atoms with E-state index in [0.29, 0.717) is 11.3 Å². The number of hydroxylamine groups is 2. The van der Waals surface area contributed by atoms with Gasteiger partial charge in [-0.3, -0.25) is 4.21 Å². The SMILES string of the molecule is CCS(=O)c1ccc(C[NH+]([O-])[O-])cc1. The largest absolute Gasteiger partial charge is 0.633 e. The number of hydrogen-bond acceptors (Lipinski definition) is 3. The zero-order chi connectivity index (χ0) is 10.6. The van der Waals surface area contributed by atoms with Gasteiger partial charge in [-0.05, 0) is 12.1 Å². The third-order valence-corrected chi connectivity index (χ3v) is 3.12. The molecule has 0 fully saturated rings. The summed E-state index contributed by atoms with van der Waals surface area (Å²) in [7, 11) is -0.974. The molecule has 0 amide bonds. The minimum Gasteiger partial charge on any atom is -0.633 e. The average Bonchev–Trinajstić information content (AvgIpc) is 2.17. The van der Waals surface area contributed by atoms with Crippen molar-refractivity contribution in [2.24, 2.45) is 0 Å². The molecule has 5 heteroatoms. The van der Waals surface area contributed by atoms with Crippen molar-refractivity contribution in [1.82, 2.24) is 0 Å². The molecule has 0 aliphatic heterocycles. The normalized spacial score (nSPS) is 13.1. The fraction of sp³-hybridized carbons (Fsp3) is 0.333. The summed E-state index contributed by atoms with van der Waals surface area (Å²) in [5.41, 5.74) is 0.668. The third-order valence-electron chi connectivity index (χ3n) is 1.80. The van der Waals surface area contributed by atoms with Crippen LogP contribution in [0.5, 0.6) is 0 Å². The summed E-state index contributed by atoms with van der Waals surface area (Å²) in [4.78, 5) is 0.731. The van der Waals surface area contributed by atoms with Gasteiger partial charge in [-0.1, -0.05) is 19.1 Å². The van der Waals surface area contributed by atoms with Crippen molar-refractivity contribution in [3.8, 4) is 0 Å². The Bertz CT molecular complexity index is 310. The molecule has 0 saturated heterocycles. The molecule has 0 saturated carbocycles. The number of hydrogen-bond donors (Lipinski definition) is 1. The van der Waals surface area contributed by atoms with Crippen molar-refractivity contribution in [2.75, 3.05) is 5.75 Å². The first-order valence-electron chi connectivity index (χ1n) is 4.30. The van der Waals surface area contributed by atoms with Gasteiger partial charge in [-0.15, -0.1) is 0 Å². The maximum absolute atomic E-state index is 11.3. The second-order valence-electron chi connectivity index (χ2n) is 2.83. The van der Waals surface area contributed by atoms with Crippen LogP contribution in [0, 0.1) is 10.4 Å². The molecule has 0 aliphatic rings.